The van der Waals surface area contributed by atoms with Crippen LogP contribution in [-0.4, -0.2) is 40.4 Å². The number of hydrogen-bond donors (Lipinski definition) is 2. The topological polar surface area (TPSA) is 61.0 Å². The van der Waals surface area contributed by atoms with Gasteiger partial charge in [0.15, 0.2) is 0 Å². The largest absolute Gasteiger partial charge is 0.352 e. The molecule has 1 amide bonds. The normalized spacial score (nSPS) is 15.0. The molecule has 2 N–H and O–H groups in total. The van der Waals surface area contributed by atoms with Crippen LogP contribution < -0.4 is 5.32 Å². The summed E-state index contributed by atoms with van der Waals surface area (Å²) in [6.07, 6.45) is 4.63. The van der Waals surface area contributed by atoms with Crippen LogP contribution in [0.2, 0.25) is 0 Å². The predicted octanol–water partition coefficient (Wildman–Crippen LogP) is 3.83. The molecule has 3 aromatic rings. The van der Waals surface area contributed by atoms with Crippen LogP contribution in [0, 0.1) is 6.92 Å². The third kappa shape index (κ3) is 4.42. The number of aromatic amines is 1. The second kappa shape index (κ2) is 8.57. The zero-order chi connectivity index (χ0) is 19.3. The van der Waals surface area contributed by atoms with Crippen LogP contribution in [-0.2, 0) is 13.0 Å². The minimum Gasteiger partial charge on any atom is -0.352 e. The average Bonchev–Trinajstić information content (AvgIpc) is 3.14. The maximum absolute atomic E-state index is 12.4. The SMILES string of the molecule is Cc1cccc2[nH]c(CCNC(=O)c3ccc(CN4CCCCC4)cc3)nc12. The monoisotopic (exact) mass is 376 g/mol. The van der Waals surface area contributed by atoms with Crippen molar-refractivity contribution >= 4 is 16.9 Å². The minimum atomic E-state index is -0.0307. The number of benzene rings is 2. The van der Waals surface area contributed by atoms with Gasteiger partial charge in [0, 0.05) is 25.1 Å². The Balaban J connectivity index is 1.28. The summed E-state index contributed by atoms with van der Waals surface area (Å²) in [5.41, 5.74) is 5.20. The Bertz CT molecular complexity index is 939. The second-order valence-corrected chi connectivity index (χ2v) is 7.69. The van der Waals surface area contributed by atoms with Crippen molar-refractivity contribution in [1.82, 2.24) is 20.2 Å². The van der Waals surface area contributed by atoms with Gasteiger partial charge in [0.05, 0.1) is 11.0 Å². The van der Waals surface area contributed by atoms with Crippen molar-refractivity contribution in [2.45, 2.75) is 39.2 Å². The lowest BCUT2D eigenvalue weighted by Crippen LogP contribution is -2.29. The van der Waals surface area contributed by atoms with E-state index in [1.807, 2.05) is 24.3 Å². The van der Waals surface area contributed by atoms with Crippen LogP contribution in [0.1, 0.15) is 46.6 Å². The van der Waals surface area contributed by atoms with Crippen molar-refractivity contribution in [1.29, 1.82) is 0 Å². The molecule has 5 heteroatoms. The third-order valence-electron chi connectivity index (χ3n) is 5.48. The fourth-order valence-electron chi connectivity index (χ4n) is 3.88. The van der Waals surface area contributed by atoms with Crippen LogP contribution in [0.25, 0.3) is 11.0 Å². The summed E-state index contributed by atoms with van der Waals surface area (Å²) in [7, 11) is 0. The number of amides is 1. The molecule has 0 aliphatic carbocycles. The Labute approximate surface area is 166 Å². The lowest BCUT2D eigenvalue weighted by molar-refractivity contribution is 0.0954. The number of H-pyrrole nitrogens is 1. The highest BCUT2D eigenvalue weighted by Crippen LogP contribution is 2.16. The van der Waals surface area contributed by atoms with E-state index < -0.39 is 0 Å². The first-order valence-electron chi connectivity index (χ1n) is 10.2. The molecule has 28 heavy (non-hydrogen) atoms. The molecule has 2 heterocycles. The zero-order valence-electron chi connectivity index (χ0n) is 16.5. The lowest BCUT2D eigenvalue weighted by atomic mass is 10.1. The van der Waals surface area contributed by atoms with Crippen molar-refractivity contribution in [2.75, 3.05) is 19.6 Å². The number of fused-ring (bicyclic) bond motifs is 1. The first kappa shape index (κ1) is 18.7. The van der Waals surface area contributed by atoms with E-state index in [0.29, 0.717) is 18.5 Å². The van der Waals surface area contributed by atoms with Gasteiger partial charge in [-0.2, -0.15) is 0 Å². The lowest BCUT2D eigenvalue weighted by Gasteiger charge is -2.26. The molecular weight excluding hydrogens is 348 g/mol. The van der Waals surface area contributed by atoms with Gasteiger partial charge in [-0.25, -0.2) is 4.98 Å². The number of nitrogens with one attached hydrogen (secondary N) is 2. The molecule has 1 aliphatic heterocycles. The van der Waals surface area contributed by atoms with E-state index >= 15 is 0 Å². The zero-order valence-corrected chi connectivity index (χ0v) is 16.5. The van der Waals surface area contributed by atoms with Crippen molar-refractivity contribution in [2.24, 2.45) is 0 Å². The van der Waals surface area contributed by atoms with Gasteiger partial charge in [-0.3, -0.25) is 9.69 Å². The van der Waals surface area contributed by atoms with E-state index in [4.69, 9.17) is 0 Å². The Kier molecular flexibility index (Phi) is 5.72. The summed E-state index contributed by atoms with van der Waals surface area (Å²) >= 11 is 0. The number of nitrogens with zero attached hydrogens (tertiary/aromatic N) is 2. The number of para-hydroxylation sites is 1. The van der Waals surface area contributed by atoms with Crippen LogP contribution in [0.5, 0.6) is 0 Å². The molecule has 1 aliphatic rings. The van der Waals surface area contributed by atoms with E-state index in [-0.39, 0.29) is 5.91 Å². The van der Waals surface area contributed by atoms with Crippen molar-refractivity contribution in [3.63, 3.8) is 0 Å². The highest BCUT2D eigenvalue weighted by Gasteiger charge is 2.11. The number of likely N-dealkylation sites (tertiary alicyclic amines) is 1. The molecule has 2 aromatic carbocycles. The fourth-order valence-corrected chi connectivity index (χ4v) is 3.88. The summed E-state index contributed by atoms with van der Waals surface area (Å²) in [5.74, 6) is 0.873. The number of aryl methyl sites for hydroxylation is 1. The van der Waals surface area contributed by atoms with Gasteiger partial charge >= 0.3 is 0 Å². The van der Waals surface area contributed by atoms with Crippen molar-refractivity contribution < 1.29 is 4.79 Å². The Hall–Kier alpha value is -2.66. The number of imidazole rings is 1. The predicted molar refractivity (Wildman–Crippen MR) is 112 cm³/mol. The Morgan fingerprint density at radius 3 is 2.64 bits per heavy atom. The standard InChI is InChI=1S/C23H28N4O/c1-17-6-5-7-20-22(17)26-21(25-20)12-13-24-23(28)19-10-8-18(9-11-19)16-27-14-3-2-4-15-27/h5-11H,2-4,12-16H2,1H3,(H,24,28)(H,25,26). The number of aromatic nitrogens is 2. The number of hydrogen-bond acceptors (Lipinski definition) is 3. The van der Waals surface area contributed by atoms with Crippen LogP contribution in [0.15, 0.2) is 42.5 Å². The molecule has 0 radical (unpaired) electrons. The number of rotatable bonds is 6. The smallest absolute Gasteiger partial charge is 0.251 e. The summed E-state index contributed by atoms with van der Waals surface area (Å²) in [5, 5.41) is 3.00. The van der Waals surface area contributed by atoms with Gasteiger partial charge in [-0.15, -0.1) is 0 Å². The first-order chi connectivity index (χ1) is 13.7. The summed E-state index contributed by atoms with van der Waals surface area (Å²) < 4.78 is 0. The van der Waals surface area contributed by atoms with Gasteiger partial charge in [0.1, 0.15) is 5.82 Å². The molecule has 146 valence electrons. The number of carbonyl (C=O) groups excluding carboxylic acids is 1. The molecule has 0 unspecified atom stereocenters. The number of piperidine rings is 1. The van der Waals surface area contributed by atoms with Crippen molar-refractivity contribution in [3.05, 3.63) is 65.0 Å². The van der Waals surface area contributed by atoms with Gasteiger partial charge in [-0.05, 0) is 62.2 Å². The molecule has 1 fully saturated rings. The summed E-state index contributed by atoms with van der Waals surface area (Å²) in [4.78, 5) is 22.9. The maximum Gasteiger partial charge on any atom is 0.251 e. The van der Waals surface area contributed by atoms with Crippen molar-refractivity contribution in [3.8, 4) is 0 Å². The molecule has 1 aromatic heterocycles. The molecule has 4 rings (SSSR count). The highest BCUT2D eigenvalue weighted by molar-refractivity contribution is 5.94. The number of carbonyl (C=O) groups is 1. The molecule has 0 spiro atoms. The van der Waals surface area contributed by atoms with Gasteiger partial charge in [0.25, 0.3) is 5.91 Å². The maximum atomic E-state index is 12.4. The molecule has 0 saturated carbocycles. The van der Waals surface area contributed by atoms with E-state index in [2.05, 4.69) is 45.3 Å². The van der Waals surface area contributed by atoms with Gasteiger partial charge < -0.3 is 10.3 Å². The second-order valence-electron chi connectivity index (χ2n) is 7.69. The Morgan fingerprint density at radius 2 is 1.89 bits per heavy atom. The Morgan fingerprint density at radius 1 is 1.11 bits per heavy atom. The highest BCUT2D eigenvalue weighted by atomic mass is 16.1. The van der Waals surface area contributed by atoms with Crippen LogP contribution in [0.4, 0.5) is 0 Å². The molecule has 0 atom stereocenters. The molecule has 5 nitrogen and oxygen atoms in total. The molecule has 1 saturated heterocycles. The average molecular weight is 377 g/mol. The molecular formula is C23H28N4O. The fraction of sp³-hybridized carbons (Fsp3) is 0.391. The third-order valence-corrected chi connectivity index (χ3v) is 5.48. The summed E-state index contributed by atoms with van der Waals surface area (Å²) in [6.45, 7) is 5.97. The van der Waals surface area contributed by atoms with E-state index in [1.54, 1.807) is 0 Å². The van der Waals surface area contributed by atoms with Gasteiger partial charge in [0.2, 0.25) is 0 Å². The van der Waals surface area contributed by atoms with Crippen LogP contribution >= 0.6 is 0 Å². The minimum absolute atomic E-state index is 0.0307. The van der Waals surface area contributed by atoms with Crippen LogP contribution in [0.3, 0.4) is 0 Å². The molecule has 0 bridgehead atoms. The quantitative estimate of drug-likeness (QED) is 0.687. The van der Waals surface area contributed by atoms with E-state index in [0.717, 1.165) is 29.0 Å². The first-order valence-corrected chi connectivity index (χ1v) is 10.2. The van der Waals surface area contributed by atoms with Gasteiger partial charge in [-0.1, -0.05) is 30.7 Å². The van der Waals surface area contributed by atoms with E-state index in [1.165, 1.54) is 37.9 Å². The van der Waals surface area contributed by atoms with E-state index in [9.17, 15) is 4.79 Å². The summed E-state index contributed by atoms with van der Waals surface area (Å²) in [6, 6.07) is 14.1.